The van der Waals surface area contributed by atoms with Gasteiger partial charge in [-0.05, 0) is 30.7 Å². The zero-order chi connectivity index (χ0) is 14.0. The van der Waals surface area contributed by atoms with Crippen molar-refractivity contribution < 1.29 is 0 Å². The first kappa shape index (κ1) is 13.8. The Balaban J connectivity index is 2.38. The molecule has 0 saturated carbocycles. The third kappa shape index (κ3) is 2.70. The van der Waals surface area contributed by atoms with Crippen molar-refractivity contribution in [2.24, 2.45) is 11.8 Å². The molecule has 1 aromatic rings. The number of nitrogens with two attached hydrogens (primary N) is 1. The van der Waals surface area contributed by atoms with Gasteiger partial charge in [0.15, 0.2) is 0 Å². The predicted octanol–water partition coefficient (Wildman–Crippen LogP) is 2.83. The molecular formula is C15H24N4. The van der Waals surface area contributed by atoms with E-state index in [-0.39, 0.29) is 0 Å². The standard InChI is InChI=1S/C15H24N4/c1-4-5-19-13(8-16)7-14(17)15(19)18-9-11(2)6-12(3)10-18/h7,11-12H,4-6,9-10,17H2,1-3H3/t11-,12-/m0/s1. The van der Waals surface area contributed by atoms with Gasteiger partial charge >= 0.3 is 0 Å². The summed E-state index contributed by atoms with van der Waals surface area (Å²) >= 11 is 0. The molecule has 4 nitrogen and oxygen atoms in total. The molecule has 1 aliphatic rings. The van der Waals surface area contributed by atoms with Crippen LogP contribution in [0.3, 0.4) is 0 Å². The normalized spacial score (nSPS) is 23.4. The zero-order valence-electron chi connectivity index (χ0n) is 12.2. The lowest BCUT2D eigenvalue weighted by atomic mass is 9.92. The highest BCUT2D eigenvalue weighted by atomic mass is 15.3. The molecule has 1 aromatic heterocycles. The molecule has 2 heterocycles. The van der Waals surface area contributed by atoms with Crippen LogP contribution in [0, 0.1) is 23.2 Å². The molecule has 2 atom stereocenters. The fraction of sp³-hybridized carbons (Fsp3) is 0.667. The van der Waals surface area contributed by atoms with Crippen LogP contribution in [-0.4, -0.2) is 17.7 Å². The number of hydrogen-bond acceptors (Lipinski definition) is 3. The fourth-order valence-electron chi connectivity index (χ4n) is 3.29. The van der Waals surface area contributed by atoms with Gasteiger partial charge in [0, 0.05) is 19.6 Å². The molecule has 104 valence electrons. The maximum Gasteiger partial charge on any atom is 0.133 e. The average molecular weight is 260 g/mol. The quantitative estimate of drug-likeness (QED) is 0.909. The van der Waals surface area contributed by atoms with Gasteiger partial charge in [-0.3, -0.25) is 0 Å². The first-order chi connectivity index (χ1) is 9.06. The van der Waals surface area contributed by atoms with E-state index in [1.54, 1.807) is 0 Å². The number of rotatable bonds is 3. The summed E-state index contributed by atoms with van der Waals surface area (Å²) in [7, 11) is 0. The van der Waals surface area contributed by atoms with E-state index in [1.807, 2.05) is 6.07 Å². The van der Waals surface area contributed by atoms with E-state index >= 15 is 0 Å². The first-order valence-corrected chi connectivity index (χ1v) is 7.20. The highest BCUT2D eigenvalue weighted by molar-refractivity contribution is 5.68. The van der Waals surface area contributed by atoms with Crippen molar-refractivity contribution in [1.29, 1.82) is 5.26 Å². The maximum absolute atomic E-state index is 9.24. The molecule has 1 fully saturated rings. The molecule has 0 unspecified atom stereocenters. The van der Waals surface area contributed by atoms with Crippen molar-refractivity contribution >= 4 is 11.5 Å². The van der Waals surface area contributed by atoms with E-state index in [0.717, 1.165) is 37.6 Å². The first-order valence-electron chi connectivity index (χ1n) is 7.20. The number of piperidine rings is 1. The van der Waals surface area contributed by atoms with E-state index in [4.69, 9.17) is 5.73 Å². The molecule has 4 heteroatoms. The van der Waals surface area contributed by atoms with E-state index in [9.17, 15) is 5.26 Å². The lowest BCUT2D eigenvalue weighted by Crippen LogP contribution is -2.40. The monoisotopic (exact) mass is 260 g/mol. The van der Waals surface area contributed by atoms with Gasteiger partial charge in [-0.15, -0.1) is 0 Å². The van der Waals surface area contributed by atoms with Gasteiger partial charge in [0.25, 0.3) is 0 Å². The van der Waals surface area contributed by atoms with Crippen molar-refractivity contribution in [3.63, 3.8) is 0 Å². The Morgan fingerprint density at radius 2 is 2.00 bits per heavy atom. The summed E-state index contributed by atoms with van der Waals surface area (Å²) in [6, 6.07) is 4.07. The minimum atomic E-state index is 0.679. The Bertz CT molecular complexity index is 473. The largest absolute Gasteiger partial charge is 0.396 e. The van der Waals surface area contributed by atoms with Crippen LogP contribution in [0.25, 0.3) is 0 Å². The second-order valence-corrected chi connectivity index (χ2v) is 5.92. The van der Waals surface area contributed by atoms with Crippen LogP contribution in [0.4, 0.5) is 11.5 Å². The Morgan fingerprint density at radius 1 is 1.37 bits per heavy atom. The third-order valence-electron chi connectivity index (χ3n) is 3.83. The van der Waals surface area contributed by atoms with Crippen LogP contribution in [0.1, 0.15) is 39.3 Å². The van der Waals surface area contributed by atoms with Crippen molar-refractivity contribution in [2.45, 2.75) is 40.2 Å². The van der Waals surface area contributed by atoms with Crippen LogP contribution >= 0.6 is 0 Å². The Kier molecular flexibility index (Phi) is 4.04. The molecule has 0 bridgehead atoms. The number of anilines is 2. The Labute approximate surface area is 115 Å². The van der Waals surface area contributed by atoms with E-state index in [1.165, 1.54) is 6.42 Å². The topological polar surface area (TPSA) is 58.0 Å². The summed E-state index contributed by atoms with van der Waals surface area (Å²) in [5.41, 5.74) is 7.58. The van der Waals surface area contributed by atoms with Gasteiger partial charge in [-0.1, -0.05) is 20.8 Å². The average Bonchev–Trinajstić information content (AvgIpc) is 2.65. The van der Waals surface area contributed by atoms with Gasteiger partial charge in [0.2, 0.25) is 0 Å². The molecule has 0 aliphatic carbocycles. The van der Waals surface area contributed by atoms with Crippen LogP contribution in [0.2, 0.25) is 0 Å². The van der Waals surface area contributed by atoms with Crippen LogP contribution in [0.5, 0.6) is 0 Å². The fourth-order valence-corrected chi connectivity index (χ4v) is 3.29. The predicted molar refractivity (Wildman–Crippen MR) is 79.0 cm³/mol. The summed E-state index contributed by atoms with van der Waals surface area (Å²) in [5, 5.41) is 9.24. The zero-order valence-corrected chi connectivity index (χ0v) is 12.2. The SMILES string of the molecule is CCCn1c(C#N)cc(N)c1N1C[C@@H](C)C[C@H](C)C1. The van der Waals surface area contributed by atoms with Crippen molar-refractivity contribution in [1.82, 2.24) is 4.57 Å². The van der Waals surface area contributed by atoms with Crippen LogP contribution in [-0.2, 0) is 6.54 Å². The van der Waals surface area contributed by atoms with Gasteiger partial charge < -0.3 is 15.2 Å². The second-order valence-electron chi connectivity index (χ2n) is 5.92. The lowest BCUT2D eigenvalue weighted by Gasteiger charge is -2.37. The minimum absolute atomic E-state index is 0.679. The molecule has 1 saturated heterocycles. The maximum atomic E-state index is 9.24. The molecule has 0 amide bonds. The highest BCUT2D eigenvalue weighted by Gasteiger charge is 2.26. The molecule has 19 heavy (non-hydrogen) atoms. The third-order valence-corrected chi connectivity index (χ3v) is 3.83. The second kappa shape index (κ2) is 5.56. The van der Waals surface area contributed by atoms with Crippen LogP contribution < -0.4 is 10.6 Å². The number of nitrogen functional groups attached to an aromatic ring is 1. The molecular weight excluding hydrogens is 236 g/mol. The Morgan fingerprint density at radius 3 is 2.53 bits per heavy atom. The van der Waals surface area contributed by atoms with Gasteiger partial charge in [-0.25, -0.2) is 0 Å². The smallest absolute Gasteiger partial charge is 0.133 e. The van der Waals surface area contributed by atoms with Gasteiger partial charge in [0.1, 0.15) is 17.6 Å². The van der Waals surface area contributed by atoms with Crippen molar-refractivity contribution in [3.05, 3.63) is 11.8 Å². The summed E-state index contributed by atoms with van der Waals surface area (Å²) in [4.78, 5) is 2.37. The molecule has 1 aliphatic heterocycles. The van der Waals surface area contributed by atoms with Crippen LogP contribution in [0.15, 0.2) is 6.07 Å². The number of nitrogens with zero attached hydrogens (tertiary/aromatic N) is 3. The minimum Gasteiger partial charge on any atom is -0.396 e. The highest BCUT2D eigenvalue weighted by Crippen LogP contribution is 2.33. The molecule has 2 rings (SSSR count). The van der Waals surface area contributed by atoms with Crippen molar-refractivity contribution in [3.8, 4) is 6.07 Å². The summed E-state index contributed by atoms with van der Waals surface area (Å²) < 4.78 is 2.08. The molecule has 0 aromatic carbocycles. The van der Waals surface area contributed by atoms with E-state index in [2.05, 4.69) is 36.3 Å². The van der Waals surface area contributed by atoms with Gasteiger partial charge in [-0.2, -0.15) is 5.26 Å². The van der Waals surface area contributed by atoms with Crippen molar-refractivity contribution in [2.75, 3.05) is 23.7 Å². The number of nitriles is 1. The molecule has 2 N–H and O–H groups in total. The summed E-state index contributed by atoms with van der Waals surface area (Å²) in [6.45, 7) is 9.63. The Hall–Kier alpha value is -1.63. The number of aromatic nitrogens is 1. The molecule has 0 spiro atoms. The van der Waals surface area contributed by atoms with Gasteiger partial charge in [0.05, 0.1) is 5.69 Å². The van der Waals surface area contributed by atoms with E-state index in [0.29, 0.717) is 17.5 Å². The van der Waals surface area contributed by atoms with E-state index < -0.39 is 0 Å². The summed E-state index contributed by atoms with van der Waals surface area (Å²) in [6.07, 6.45) is 2.28. The summed E-state index contributed by atoms with van der Waals surface area (Å²) in [5.74, 6) is 2.41. The molecule has 0 radical (unpaired) electrons. The number of hydrogen-bond donors (Lipinski definition) is 1. The lowest BCUT2D eigenvalue weighted by molar-refractivity contribution is 0.353.